The summed E-state index contributed by atoms with van der Waals surface area (Å²) < 4.78 is 5.75. The summed E-state index contributed by atoms with van der Waals surface area (Å²) in [7, 11) is 0. The van der Waals surface area contributed by atoms with E-state index in [-0.39, 0.29) is 17.7 Å². The Hall–Kier alpha value is -3.67. The molecule has 0 atom stereocenters. The van der Waals surface area contributed by atoms with Crippen LogP contribution in [-0.2, 0) is 0 Å². The van der Waals surface area contributed by atoms with Gasteiger partial charge in [-0.05, 0) is 61.4 Å². The molecule has 1 aromatic heterocycles. The van der Waals surface area contributed by atoms with E-state index < -0.39 is 0 Å². The molecular weight excluding hydrogens is 366 g/mol. The van der Waals surface area contributed by atoms with Crippen molar-refractivity contribution in [3.05, 3.63) is 84.1 Å². The number of pyridine rings is 1. The Bertz CT molecular complexity index is 997. The Labute approximate surface area is 169 Å². The molecule has 1 aliphatic rings. The zero-order chi connectivity index (χ0) is 20.1. The number of benzene rings is 2. The molecule has 1 saturated heterocycles. The van der Waals surface area contributed by atoms with Crippen molar-refractivity contribution in [3.8, 4) is 11.6 Å². The Kier molecular flexibility index (Phi) is 5.52. The van der Waals surface area contributed by atoms with E-state index in [1.807, 2.05) is 23.1 Å². The predicted octanol–water partition coefficient (Wildman–Crippen LogP) is 4.36. The van der Waals surface area contributed by atoms with Gasteiger partial charge in [0.15, 0.2) is 0 Å². The molecule has 2 amide bonds. The largest absolute Gasteiger partial charge is 0.438 e. The molecule has 0 bridgehead atoms. The van der Waals surface area contributed by atoms with Crippen molar-refractivity contribution in [2.24, 2.45) is 0 Å². The van der Waals surface area contributed by atoms with Gasteiger partial charge in [-0.25, -0.2) is 4.98 Å². The van der Waals surface area contributed by atoms with Crippen molar-refractivity contribution in [2.75, 3.05) is 18.4 Å². The highest BCUT2D eigenvalue weighted by atomic mass is 16.5. The van der Waals surface area contributed by atoms with Crippen LogP contribution in [0.5, 0.6) is 11.6 Å². The maximum atomic E-state index is 12.7. The zero-order valence-electron chi connectivity index (χ0n) is 15.9. The number of rotatable bonds is 5. The fourth-order valence-corrected chi connectivity index (χ4v) is 3.24. The molecule has 1 fully saturated rings. The first-order valence-corrected chi connectivity index (χ1v) is 9.59. The number of nitrogens with zero attached hydrogens (tertiary/aromatic N) is 2. The van der Waals surface area contributed by atoms with Gasteiger partial charge < -0.3 is 15.0 Å². The molecule has 0 unspecified atom stereocenters. The van der Waals surface area contributed by atoms with E-state index in [2.05, 4.69) is 10.3 Å². The van der Waals surface area contributed by atoms with E-state index in [0.717, 1.165) is 25.9 Å². The van der Waals surface area contributed by atoms with E-state index in [0.29, 0.717) is 22.6 Å². The summed E-state index contributed by atoms with van der Waals surface area (Å²) in [4.78, 5) is 31.2. The average Bonchev–Trinajstić information content (AvgIpc) is 3.30. The zero-order valence-corrected chi connectivity index (χ0v) is 15.9. The first-order valence-electron chi connectivity index (χ1n) is 9.59. The molecule has 0 spiro atoms. The fraction of sp³-hybridized carbons (Fsp3) is 0.174. The molecule has 146 valence electrons. The third-order valence-electron chi connectivity index (χ3n) is 4.76. The van der Waals surface area contributed by atoms with Gasteiger partial charge in [0.1, 0.15) is 11.3 Å². The number of nitrogens with one attached hydrogen (secondary N) is 1. The van der Waals surface area contributed by atoms with Gasteiger partial charge in [-0.15, -0.1) is 0 Å². The first kappa shape index (κ1) is 18.7. The predicted molar refractivity (Wildman–Crippen MR) is 110 cm³/mol. The lowest BCUT2D eigenvalue weighted by Crippen LogP contribution is -2.27. The highest BCUT2D eigenvalue weighted by molar-refractivity contribution is 6.06. The number of carbonyl (C=O) groups excluding carboxylic acids is 2. The smallest absolute Gasteiger partial charge is 0.261 e. The quantitative estimate of drug-likeness (QED) is 0.706. The Morgan fingerprint density at radius 2 is 1.62 bits per heavy atom. The molecule has 0 aliphatic carbocycles. The molecule has 1 N–H and O–H groups in total. The van der Waals surface area contributed by atoms with Crippen LogP contribution >= 0.6 is 0 Å². The molecule has 1 aliphatic heterocycles. The normalized spacial score (nSPS) is 13.2. The van der Waals surface area contributed by atoms with Crippen molar-refractivity contribution in [3.63, 3.8) is 0 Å². The van der Waals surface area contributed by atoms with Crippen LogP contribution in [0.25, 0.3) is 0 Å². The van der Waals surface area contributed by atoms with Crippen molar-refractivity contribution < 1.29 is 14.3 Å². The minimum Gasteiger partial charge on any atom is -0.438 e. The van der Waals surface area contributed by atoms with E-state index in [9.17, 15) is 9.59 Å². The fourth-order valence-electron chi connectivity index (χ4n) is 3.24. The molecule has 6 nitrogen and oxygen atoms in total. The SMILES string of the molecule is O=C(Nc1ccc(C(=O)N2CCCC2)cc1)c1cccnc1Oc1ccccc1. The monoisotopic (exact) mass is 387 g/mol. The summed E-state index contributed by atoms with van der Waals surface area (Å²) >= 11 is 0. The summed E-state index contributed by atoms with van der Waals surface area (Å²) in [5.41, 5.74) is 1.55. The number of hydrogen-bond donors (Lipinski definition) is 1. The van der Waals surface area contributed by atoms with E-state index in [1.165, 1.54) is 0 Å². The minimum atomic E-state index is -0.331. The number of ether oxygens (including phenoxy) is 1. The van der Waals surface area contributed by atoms with E-state index >= 15 is 0 Å². The first-order chi connectivity index (χ1) is 14.2. The highest BCUT2D eigenvalue weighted by Gasteiger charge is 2.19. The molecule has 0 radical (unpaired) electrons. The number of amides is 2. The average molecular weight is 387 g/mol. The van der Waals surface area contributed by atoms with Crippen LogP contribution in [0.3, 0.4) is 0 Å². The standard InChI is InChI=1S/C23H21N3O3/c27-21(20-9-6-14-24-22(20)29-19-7-2-1-3-8-19)25-18-12-10-17(11-13-18)23(28)26-15-4-5-16-26/h1-3,6-14H,4-5,15-16H2,(H,25,27). The van der Waals surface area contributed by atoms with Crippen molar-refractivity contribution in [2.45, 2.75) is 12.8 Å². The lowest BCUT2D eigenvalue weighted by molar-refractivity contribution is 0.0792. The summed E-state index contributed by atoms with van der Waals surface area (Å²) in [6.07, 6.45) is 3.69. The minimum absolute atomic E-state index is 0.0335. The Morgan fingerprint density at radius 3 is 2.34 bits per heavy atom. The number of hydrogen-bond acceptors (Lipinski definition) is 4. The number of aromatic nitrogens is 1. The molecule has 0 saturated carbocycles. The topological polar surface area (TPSA) is 71.5 Å². The van der Waals surface area contributed by atoms with Gasteiger partial charge in [0.2, 0.25) is 5.88 Å². The van der Waals surface area contributed by atoms with Crippen LogP contribution in [0.2, 0.25) is 0 Å². The van der Waals surface area contributed by atoms with Gasteiger partial charge in [-0.3, -0.25) is 9.59 Å². The third kappa shape index (κ3) is 4.43. The van der Waals surface area contributed by atoms with Crippen LogP contribution in [0.15, 0.2) is 72.9 Å². The number of anilines is 1. The van der Waals surface area contributed by atoms with Crippen molar-refractivity contribution >= 4 is 17.5 Å². The second-order valence-corrected chi connectivity index (χ2v) is 6.80. The Morgan fingerprint density at radius 1 is 0.897 bits per heavy atom. The van der Waals surface area contributed by atoms with Gasteiger partial charge in [0.25, 0.3) is 11.8 Å². The van der Waals surface area contributed by atoms with Gasteiger partial charge in [-0.1, -0.05) is 18.2 Å². The van der Waals surface area contributed by atoms with E-state index in [4.69, 9.17) is 4.74 Å². The lowest BCUT2D eigenvalue weighted by Gasteiger charge is -2.15. The van der Waals surface area contributed by atoms with Crippen LogP contribution in [0.1, 0.15) is 33.6 Å². The summed E-state index contributed by atoms with van der Waals surface area (Å²) in [6.45, 7) is 1.62. The number of carbonyl (C=O) groups is 2. The molecule has 29 heavy (non-hydrogen) atoms. The van der Waals surface area contributed by atoms with Gasteiger partial charge in [0, 0.05) is 30.5 Å². The van der Waals surface area contributed by atoms with Crippen LogP contribution < -0.4 is 10.1 Å². The molecule has 2 heterocycles. The maximum absolute atomic E-state index is 12.7. The van der Waals surface area contributed by atoms with Gasteiger partial charge in [0.05, 0.1) is 0 Å². The second kappa shape index (κ2) is 8.56. The summed E-state index contributed by atoms with van der Waals surface area (Å²) in [6, 6.07) is 19.5. The van der Waals surface area contributed by atoms with Gasteiger partial charge in [-0.2, -0.15) is 0 Å². The molecule has 4 rings (SSSR count). The molecule has 2 aromatic carbocycles. The molecular formula is C23H21N3O3. The highest BCUT2D eigenvalue weighted by Crippen LogP contribution is 2.24. The summed E-state index contributed by atoms with van der Waals surface area (Å²) in [5.74, 6) is 0.538. The van der Waals surface area contributed by atoms with Crippen molar-refractivity contribution in [1.29, 1.82) is 0 Å². The van der Waals surface area contributed by atoms with Crippen LogP contribution in [0.4, 0.5) is 5.69 Å². The lowest BCUT2D eigenvalue weighted by atomic mass is 10.1. The number of para-hydroxylation sites is 1. The Balaban J connectivity index is 1.46. The van der Waals surface area contributed by atoms with Crippen LogP contribution in [0, 0.1) is 0 Å². The van der Waals surface area contributed by atoms with Crippen molar-refractivity contribution in [1.82, 2.24) is 9.88 Å². The van der Waals surface area contributed by atoms with Gasteiger partial charge >= 0.3 is 0 Å². The van der Waals surface area contributed by atoms with E-state index in [1.54, 1.807) is 54.7 Å². The number of likely N-dealkylation sites (tertiary alicyclic amines) is 1. The second-order valence-electron chi connectivity index (χ2n) is 6.80. The maximum Gasteiger partial charge on any atom is 0.261 e. The molecule has 6 heteroatoms. The molecule has 3 aromatic rings. The third-order valence-corrected chi connectivity index (χ3v) is 4.76. The van der Waals surface area contributed by atoms with Crippen LogP contribution in [-0.4, -0.2) is 34.8 Å². The summed E-state index contributed by atoms with van der Waals surface area (Å²) in [5, 5.41) is 2.84.